The lowest BCUT2D eigenvalue weighted by Gasteiger charge is -2.26. The lowest BCUT2D eigenvalue weighted by atomic mass is 10.0. The van der Waals surface area contributed by atoms with Gasteiger partial charge in [0, 0.05) is 55.3 Å². The number of ether oxygens (including phenoxy) is 1. The van der Waals surface area contributed by atoms with Crippen LogP contribution in [0.1, 0.15) is 30.9 Å². The van der Waals surface area contributed by atoms with Gasteiger partial charge in [-0.3, -0.25) is 0 Å². The number of nitrogens with one attached hydrogen (secondary N) is 2. The second-order valence-corrected chi connectivity index (χ2v) is 12.7. The van der Waals surface area contributed by atoms with Crippen LogP contribution in [0.2, 0.25) is 0 Å². The van der Waals surface area contributed by atoms with E-state index < -0.39 is 45.7 Å². The standard InChI is InChI=1S/C30H31F4N5O3S/c1-3-30(33,34)17-43(40,41)16-24-21-7-6-18(2)27(22(21)8-9-25(24)32)42-28-23(5-4-11-36-28)26-10-12-37-29(39-26)38-20-13-19(31)14-35-15-20/h4-12,19-20,35H,3,13-17H2,1-2H3,(H,37,38,39)/t19-,20-/m0/s1. The van der Waals surface area contributed by atoms with Gasteiger partial charge < -0.3 is 15.4 Å². The Labute approximate surface area is 246 Å². The van der Waals surface area contributed by atoms with E-state index >= 15 is 0 Å². The summed E-state index contributed by atoms with van der Waals surface area (Å²) in [6.45, 7) is 3.84. The fourth-order valence-electron chi connectivity index (χ4n) is 5.02. The molecule has 43 heavy (non-hydrogen) atoms. The van der Waals surface area contributed by atoms with Crippen molar-refractivity contribution in [3.05, 3.63) is 71.8 Å². The van der Waals surface area contributed by atoms with E-state index in [-0.39, 0.29) is 22.9 Å². The van der Waals surface area contributed by atoms with Crippen LogP contribution < -0.4 is 15.4 Å². The van der Waals surface area contributed by atoms with Crippen LogP contribution in [0.5, 0.6) is 11.6 Å². The Bertz CT molecular complexity index is 1740. The van der Waals surface area contributed by atoms with Gasteiger partial charge in [0.05, 0.1) is 17.0 Å². The number of hydrogen-bond donors (Lipinski definition) is 2. The van der Waals surface area contributed by atoms with E-state index in [1.807, 2.05) is 0 Å². The van der Waals surface area contributed by atoms with Gasteiger partial charge in [0.2, 0.25) is 11.8 Å². The molecule has 3 heterocycles. The molecule has 0 unspecified atom stereocenters. The maximum atomic E-state index is 15.0. The molecule has 2 N–H and O–H groups in total. The molecule has 8 nitrogen and oxygen atoms in total. The zero-order valence-electron chi connectivity index (χ0n) is 23.6. The summed E-state index contributed by atoms with van der Waals surface area (Å²) in [6, 6.07) is 10.7. The lowest BCUT2D eigenvalue weighted by molar-refractivity contribution is 0.0217. The second kappa shape index (κ2) is 12.4. The van der Waals surface area contributed by atoms with E-state index in [0.29, 0.717) is 53.4 Å². The number of alkyl halides is 3. The third-order valence-electron chi connectivity index (χ3n) is 7.25. The molecule has 4 aromatic rings. The minimum absolute atomic E-state index is 0.173. The number of hydrogen-bond acceptors (Lipinski definition) is 8. The van der Waals surface area contributed by atoms with Crippen LogP contribution in [0.4, 0.5) is 23.5 Å². The SMILES string of the molecule is CCC(F)(F)CS(=O)(=O)Cc1c(F)ccc2c(Oc3ncccc3-c3ccnc(N[C@@H]4CNC[C@@H](F)C4)n3)c(C)ccc12. The minimum atomic E-state index is -4.35. The highest BCUT2D eigenvalue weighted by Gasteiger charge is 2.34. The summed E-state index contributed by atoms with van der Waals surface area (Å²) >= 11 is 0. The van der Waals surface area contributed by atoms with E-state index in [2.05, 4.69) is 25.6 Å². The number of halogens is 4. The Morgan fingerprint density at radius 1 is 1.07 bits per heavy atom. The molecule has 0 amide bonds. The van der Waals surface area contributed by atoms with E-state index in [1.54, 1.807) is 43.5 Å². The molecule has 0 saturated carbocycles. The van der Waals surface area contributed by atoms with Crippen LogP contribution in [0.3, 0.4) is 0 Å². The molecule has 5 rings (SSSR count). The first-order valence-corrected chi connectivity index (χ1v) is 15.6. The Hall–Kier alpha value is -3.84. The number of pyridine rings is 1. The molecule has 2 aromatic heterocycles. The Balaban J connectivity index is 1.48. The van der Waals surface area contributed by atoms with Gasteiger partial charge >= 0.3 is 0 Å². The smallest absolute Gasteiger partial charge is 0.261 e. The normalized spacial score (nSPS) is 17.6. The number of fused-ring (bicyclic) bond motifs is 1. The summed E-state index contributed by atoms with van der Waals surface area (Å²) in [7, 11) is -4.35. The number of rotatable bonds is 10. The molecule has 0 radical (unpaired) electrons. The Morgan fingerprint density at radius 2 is 1.86 bits per heavy atom. The molecular formula is C30H31F4N5O3S. The predicted molar refractivity (Wildman–Crippen MR) is 157 cm³/mol. The number of piperidine rings is 1. The van der Waals surface area contributed by atoms with Crippen molar-refractivity contribution < 1.29 is 30.7 Å². The van der Waals surface area contributed by atoms with Crippen molar-refractivity contribution in [2.24, 2.45) is 0 Å². The summed E-state index contributed by atoms with van der Waals surface area (Å²) in [6.07, 6.45) is 1.80. The van der Waals surface area contributed by atoms with Crippen molar-refractivity contribution in [1.29, 1.82) is 0 Å². The van der Waals surface area contributed by atoms with Gasteiger partial charge in [0.25, 0.3) is 5.92 Å². The highest BCUT2D eigenvalue weighted by atomic mass is 32.2. The summed E-state index contributed by atoms with van der Waals surface area (Å²) in [4.78, 5) is 13.2. The Morgan fingerprint density at radius 3 is 2.63 bits per heavy atom. The van der Waals surface area contributed by atoms with Gasteiger partial charge in [-0.1, -0.05) is 19.1 Å². The van der Waals surface area contributed by atoms with Crippen LogP contribution in [-0.4, -0.2) is 60.3 Å². The fourth-order valence-corrected chi connectivity index (χ4v) is 6.71. The third kappa shape index (κ3) is 7.21. The van der Waals surface area contributed by atoms with Crippen molar-refractivity contribution in [3.8, 4) is 22.9 Å². The summed E-state index contributed by atoms with van der Waals surface area (Å²) < 4.78 is 88.3. The molecule has 2 atom stereocenters. The second-order valence-electron chi connectivity index (χ2n) is 10.6. The van der Waals surface area contributed by atoms with E-state index in [0.717, 1.165) is 6.07 Å². The van der Waals surface area contributed by atoms with Crippen LogP contribution in [0, 0.1) is 12.7 Å². The summed E-state index contributed by atoms with van der Waals surface area (Å²) in [5.74, 6) is -5.72. The van der Waals surface area contributed by atoms with Crippen LogP contribution >= 0.6 is 0 Å². The van der Waals surface area contributed by atoms with Gasteiger partial charge in [-0.25, -0.2) is 40.9 Å². The highest BCUT2D eigenvalue weighted by molar-refractivity contribution is 7.90. The molecule has 1 aliphatic rings. The number of aromatic nitrogens is 3. The Kier molecular flexibility index (Phi) is 8.84. The zero-order valence-corrected chi connectivity index (χ0v) is 24.4. The third-order valence-corrected chi connectivity index (χ3v) is 8.84. The minimum Gasteiger partial charge on any atom is -0.437 e. The number of nitrogens with zero attached hydrogens (tertiary/aromatic N) is 3. The molecule has 0 bridgehead atoms. The quantitative estimate of drug-likeness (QED) is 0.209. The molecular weight excluding hydrogens is 586 g/mol. The van der Waals surface area contributed by atoms with Crippen LogP contribution in [0.25, 0.3) is 22.0 Å². The van der Waals surface area contributed by atoms with Crippen molar-refractivity contribution in [3.63, 3.8) is 0 Å². The van der Waals surface area contributed by atoms with Crippen LogP contribution in [0.15, 0.2) is 54.9 Å². The number of anilines is 1. The molecule has 1 aliphatic heterocycles. The maximum absolute atomic E-state index is 15.0. The van der Waals surface area contributed by atoms with Crippen LogP contribution in [-0.2, 0) is 15.6 Å². The van der Waals surface area contributed by atoms with Gasteiger partial charge in [-0.05, 0) is 48.2 Å². The first-order valence-electron chi connectivity index (χ1n) is 13.8. The average Bonchev–Trinajstić information content (AvgIpc) is 2.96. The summed E-state index contributed by atoms with van der Waals surface area (Å²) in [5.41, 5.74) is 1.43. The number of sulfone groups is 1. The van der Waals surface area contributed by atoms with E-state index in [4.69, 9.17) is 4.74 Å². The predicted octanol–water partition coefficient (Wildman–Crippen LogP) is 6.00. The van der Waals surface area contributed by atoms with E-state index in [1.165, 1.54) is 19.2 Å². The maximum Gasteiger partial charge on any atom is 0.261 e. The zero-order chi connectivity index (χ0) is 30.8. The van der Waals surface area contributed by atoms with Gasteiger partial charge in [0.1, 0.15) is 23.5 Å². The lowest BCUT2D eigenvalue weighted by Crippen LogP contribution is -2.44. The van der Waals surface area contributed by atoms with Crippen molar-refractivity contribution in [1.82, 2.24) is 20.3 Å². The van der Waals surface area contributed by atoms with Crippen molar-refractivity contribution in [2.75, 3.05) is 24.2 Å². The summed E-state index contributed by atoms with van der Waals surface area (Å²) in [5, 5.41) is 6.79. The molecule has 2 aromatic carbocycles. The topological polar surface area (TPSA) is 106 Å². The van der Waals surface area contributed by atoms with Crippen molar-refractivity contribution >= 4 is 26.6 Å². The first kappa shape index (κ1) is 30.6. The molecule has 0 spiro atoms. The van der Waals surface area contributed by atoms with Gasteiger partial charge in [0.15, 0.2) is 9.84 Å². The monoisotopic (exact) mass is 617 g/mol. The fraction of sp³-hybridized carbons (Fsp3) is 0.367. The highest BCUT2D eigenvalue weighted by Crippen LogP contribution is 2.38. The molecule has 0 aliphatic carbocycles. The first-order chi connectivity index (χ1) is 20.4. The molecule has 13 heteroatoms. The average molecular weight is 618 g/mol. The van der Waals surface area contributed by atoms with E-state index in [9.17, 15) is 26.0 Å². The van der Waals surface area contributed by atoms with Gasteiger partial charge in [-0.2, -0.15) is 0 Å². The molecule has 1 fully saturated rings. The van der Waals surface area contributed by atoms with Crippen molar-refractivity contribution in [2.45, 2.75) is 50.6 Å². The molecule has 1 saturated heterocycles. The molecule has 228 valence electrons. The largest absolute Gasteiger partial charge is 0.437 e. The van der Waals surface area contributed by atoms with Gasteiger partial charge in [-0.15, -0.1) is 0 Å². The number of aryl methyl sites for hydroxylation is 1. The number of benzene rings is 2.